The van der Waals surface area contributed by atoms with Gasteiger partial charge < -0.3 is 5.32 Å². The van der Waals surface area contributed by atoms with Crippen LogP contribution in [0.4, 0.5) is 5.69 Å². The van der Waals surface area contributed by atoms with Crippen molar-refractivity contribution in [3.63, 3.8) is 0 Å². The van der Waals surface area contributed by atoms with Crippen molar-refractivity contribution in [1.82, 2.24) is 5.32 Å². The number of nitrogens with one attached hydrogen (secondary N) is 1. The van der Waals surface area contributed by atoms with Crippen molar-refractivity contribution in [1.29, 1.82) is 0 Å². The molecule has 2 aromatic rings. The molecule has 8 nitrogen and oxygen atoms in total. The van der Waals surface area contributed by atoms with E-state index in [9.17, 15) is 19.7 Å². The fourth-order valence-corrected chi connectivity index (χ4v) is 3.58. The molecule has 1 fully saturated rings. The zero-order valence-electron chi connectivity index (χ0n) is 15.8. The number of benzene rings is 2. The lowest BCUT2D eigenvalue weighted by molar-refractivity contribution is -0.384. The van der Waals surface area contributed by atoms with Gasteiger partial charge in [-0.05, 0) is 31.0 Å². The van der Waals surface area contributed by atoms with E-state index in [0.717, 1.165) is 22.9 Å². The van der Waals surface area contributed by atoms with Crippen LogP contribution in [-0.2, 0) is 4.79 Å². The Kier molecular flexibility index (Phi) is 6.18. The van der Waals surface area contributed by atoms with Crippen LogP contribution in [0.1, 0.15) is 33.5 Å². The Morgan fingerprint density at radius 3 is 2.76 bits per heavy atom. The summed E-state index contributed by atoms with van der Waals surface area (Å²) in [5, 5.41) is 20.9. The van der Waals surface area contributed by atoms with E-state index in [2.05, 4.69) is 15.5 Å². The molecule has 0 aliphatic carbocycles. The Hall–Kier alpha value is -3.33. The smallest absolute Gasteiger partial charge is 0.270 e. The summed E-state index contributed by atoms with van der Waals surface area (Å²) in [4.78, 5) is 34.9. The maximum absolute atomic E-state index is 12.5. The summed E-state index contributed by atoms with van der Waals surface area (Å²) < 4.78 is 0. The van der Waals surface area contributed by atoms with Gasteiger partial charge in [0.2, 0.25) is 5.91 Å². The van der Waals surface area contributed by atoms with Crippen LogP contribution in [0, 0.1) is 24.0 Å². The van der Waals surface area contributed by atoms with Crippen molar-refractivity contribution in [2.45, 2.75) is 25.5 Å². The van der Waals surface area contributed by atoms with Crippen LogP contribution in [0.5, 0.6) is 0 Å². The van der Waals surface area contributed by atoms with E-state index in [1.807, 2.05) is 26.0 Å². The van der Waals surface area contributed by atoms with Crippen LogP contribution in [0.25, 0.3) is 0 Å². The number of carbonyl (C=O) groups excluding carboxylic acids is 2. The average molecular weight is 410 g/mol. The van der Waals surface area contributed by atoms with E-state index >= 15 is 0 Å². The van der Waals surface area contributed by atoms with E-state index in [1.54, 1.807) is 18.2 Å². The van der Waals surface area contributed by atoms with Crippen molar-refractivity contribution in [3.8, 4) is 0 Å². The lowest BCUT2D eigenvalue weighted by atomic mass is 10.0. The molecule has 1 unspecified atom stereocenters. The van der Waals surface area contributed by atoms with Crippen LogP contribution in [0.15, 0.2) is 52.7 Å². The van der Waals surface area contributed by atoms with E-state index < -0.39 is 10.2 Å². The second-order valence-electron chi connectivity index (χ2n) is 6.52. The van der Waals surface area contributed by atoms with Crippen LogP contribution in [-0.4, -0.2) is 33.2 Å². The van der Waals surface area contributed by atoms with E-state index in [-0.39, 0.29) is 29.0 Å². The Balaban J connectivity index is 1.63. The summed E-state index contributed by atoms with van der Waals surface area (Å²) in [6, 6.07) is 11.4. The molecule has 9 heteroatoms. The molecule has 0 bridgehead atoms. The number of nitro groups is 1. The van der Waals surface area contributed by atoms with Crippen molar-refractivity contribution in [2.24, 2.45) is 10.2 Å². The molecule has 1 amide bonds. The van der Waals surface area contributed by atoms with Crippen molar-refractivity contribution >= 4 is 40.5 Å². The first-order valence-electron chi connectivity index (χ1n) is 8.77. The van der Waals surface area contributed by atoms with Gasteiger partial charge in [0, 0.05) is 29.7 Å². The molecule has 0 spiro atoms. The highest BCUT2D eigenvalue weighted by atomic mass is 32.2. The van der Waals surface area contributed by atoms with Gasteiger partial charge in [-0.15, -0.1) is 5.10 Å². The third-order valence-corrected chi connectivity index (χ3v) is 5.48. The SMILES string of the molecule is Cc1ccc(C(=O)CC2S/C(=N\N=C\c3cccc([N+](=O)[O-])c3)NC2=O)cc1C. The molecule has 1 saturated heterocycles. The first kappa shape index (κ1) is 20.4. The van der Waals surface area contributed by atoms with Gasteiger partial charge >= 0.3 is 0 Å². The molecular weight excluding hydrogens is 392 g/mol. The number of hydrogen-bond donors (Lipinski definition) is 1. The fraction of sp³-hybridized carbons (Fsp3) is 0.200. The monoisotopic (exact) mass is 410 g/mol. The van der Waals surface area contributed by atoms with Gasteiger partial charge in [-0.3, -0.25) is 19.7 Å². The molecule has 0 radical (unpaired) electrons. The van der Waals surface area contributed by atoms with Gasteiger partial charge in [-0.2, -0.15) is 5.10 Å². The zero-order valence-corrected chi connectivity index (χ0v) is 16.6. The molecule has 0 aromatic heterocycles. The largest absolute Gasteiger partial charge is 0.303 e. The van der Waals surface area contributed by atoms with Crippen molar-refractivity contribution < 1.29 is 14.5 Å². The zero-order chi connectivity index (χ0) is 21.0. The molecule has 0 saturated carbocycles. The first-order valence-corrected chi connectivity index (χ1v) is 9.65. The third kappa shape index (κ3) is 5.14. The normalized spacial score (nSPS) is 17.7. The topological polar surface area (TPSA) is 114 Å². The minimum atomic E-state index is -0.573. The van der Waals surface area contributed by atoms with Gasteiger partial charge in [0.25, 0.3) is 5.69 Å². The van der Waals surface area contributed by atoms with Crippen molar-refractivity contribution in [3.05, 3.63) is 74.8 Å². The number of hydrogen-bond acceptors (Lipinski definition) is 7. The number of amidine groups is 1. The predicted octanol–water partition coefficient (Wildman–Crippen LogP) is 3.41. The second-order valence-corrected chi connectivity index (χ2v) is 7.72. The molecule has 1 aliphatic rings. The number of amides is 1. The lowest BCUT2D eigenvalue weighted by Gasteiger charge is -2.06. The standard InChI is InChI=1S/C20H18N4O4S/c1-12-6-7-15(8-13(12)2)17(25)10-18-19(26)22-20(29-18)23-21-11-14-4-3-5-16(9-14)24(27)28/h3-9,11,18H,10H2,1-2H3,(H,22,23,26)/b21-11+. The molecule has 1 heterocycles. The van der Waals surface area contributed by atoms with E-state index in [4.69, 9.17) is 0 Å². The number of Topliss-reactive ketones (excluding diaryl/α,β-unsaturated/α-hetero) is 1. The predicted molar refractivity (Wildman–Crippen MR) is 113 cm³/mol. The third-order valence-electron chi connectivity index (χ3n) is 4.41. The van der Waals surface area contributed by atoms with Crippen LogP contribution < -0.4 is 5.32 Å². The Labute approximate surface area is 171 Å². The Bertz CT molecular complexity index is 1050. The first-order chi connectivity index (χ1) is 13.8. The summed E-state index contributed by atoms with van der Waals surface area (Å²) >= 11 is 1.14. The summed E-state index contributed by atoms with van der Waals surface area (Å²) in [5.74, 6) is -0.404. The number of rotatable bonds is 6. The van der Waals surface area contributed by atoms with Gasteiger partial charge in [0.05, 0.1) is 16.4 Å². The molecule has 1 aliphatic heterocycles. The number of ketones is 1. The maximum atomic E-state index is 12.5. The summed E-state index contributed by atoms with van der Waals surface area (Å²) in [6.45, 7) is 3.91. The molecule has 1 N–H and O–H groups in total. The highest BCUT2D eigenvalue weighted by Gasteiger charge is 2.32. The number of nitrogens with zero attached hydrogens (tertiary/aromatic N) is 3. The van der Waals surface area contributed by atoms with Gasteiger partial charge in [-0.25, -0.2) is 0 Å². The molecular formula is C20H18N4O4S. The van der Waals surface area contributed by atoms with Crippen LogP contribution >= 0.6 is 11.8 Å². The van der Waals surface area contributed by atoms with E-state index in [1.165, 1.54) is 18.3 Å². The maximum Gasteiger partial charge on any atom is 0.270 e. The number of carbonyl (C=O) groups is 2. The summed E-state index contributed by atoms with van der Waals surface area (Å²) in [5.41, 5.74) is 3.17. The van der Waals surface area contributed by atoms with Gasteiger partial charge in [0.15, 0.2) is 11.0 Å². The van der Waals surface area contributed by atoms with Crippen molar-refractivity contribution in [2.75, 3.05) is 0 Å². The number of non-ortho nitro benzene ring substituents is 1. The highest BCUT2D eigenvalue weighted by Crippen LogP contribution is 2.24. The van der Waals surface area contributed by atoms with Gasteiger partial charge in [-0.1, -0.05) is 36.0 Å². The Morgan fingerprint density at radius 2 is 2.03 bits per heavy atom. The molecule has 1 atom stereocenters. The fourth-order valence-electron chi connectivity index (χ4n) is 2.65. The minimum absolute atomic E-state index is 0.0462. The average Bonchev–Trinajstić information content (AvgIpc) is 3.03. The molecule has 3 rings (SSSR count). The lowest BCUT2D eigenvalue weighted by Crippen LogP contribution is -2.26. The molecule has 2 aromatic carbocycles. The highest BCUT2D eigenvalue weighted by molar-refractivity contribution is 8.15. The molecule has 29 heavy (non-hydrogen) atoms. The Morgan fingerprint density at radius 1 is 1.24 bits per heavy atom. The summed E-state index contributed by atoms with van der Waals surface area (Å²) in [6.07, 6.45) is 1.42. The quantitative estimate of drug-likeness (QED) is 0.339. The number of nitro benzene ring substituents is 1. The molecule has 148 valence electrons. The number of thioether (sulfide) groups is 1. The minimum Gasteiger partial charge on any atom is -0.303 e. The van der Waals surface area contributed by atoms with Crippen LogP contribution in [0.2, 0.25) is 0 Å². The number of aryl methyl sites for hydroxylation is 2. The van der Waals surface area contributed by atoms with Gasteiger partial charge in [0.1, 0.15) is 0 Å². The van der Waals surface area contributed by atoms with Crippen LogP contribution in [0.3, 0.4) is 0 Å². The van der Waals surface area contributed by atoms with E-state index in [0.29, 0.717) is 11.1 Å². The summed E-state index contributed by atoms with van der Waals surface area (Å²) in [7, 11) is 0. The second kappa shape index (κ2) is 8.78.